The molecule has 0 N–H and O–H groups in total. The molecule has 0 aromatic rings. The molecule has 29 heavy (non-hydrogen) atoms. The Morgan fingerprint density at radius 3 is 1.21 bits per heavy atom. The maximum absolute atomic E-state index is 5.55. The summed E-state index contributed by atoms with van der Waals surface area (Å²) >= 11 is 0. The van der Waals surface area contributed by atoms with E-state index in [9.17, 15) is 0 Å². The second kappa shape index (κ2) is 27.3. The highest BCUT2D eigenvalue weighted by Gasteiger charge is 1.95. The van der Waals surface area contributed by atoms with E-state index in [0.717, 1.165) is 13.0 Å². The summed E-state index contributed by atoms with van der Waals surface area (Å²) in [6.07, 6.45) is 9.14. The first kappa shape index (κ1) is 28.3. The molecular formula is C22H44O7. The number of ether oxygens (including phenoxy) is 7. The van der Waals surface area contributed by atoms with Crippen molar-refractivity contribution in [2.45, 2.75) is 45.4 Å². The van der Waals surface area contributed by atoms with Gasteiger partial charge in [0.25, 0.3) is 0 Å². The van der Waals surface area contributed by atoms with Crippen LogP contribution in [0.3, 0.4) is 0 Å². The molecule has 0 aromatic carbocycles. The molecule has 174 valence electrons. The van der Waals surface area contributed by atoms with Gasteiger partial charge in [-0.1, -0.05) is 45.6 Å². The Labute approximate surface area is 178 Å². The van der Waals surface area contributed by atoms with E-state index < -0.39 is 0 Å². The van der Waals surface area contributed by atoms with Crippen LogP contribution in [0.2, 0.25) is 0 Å². The molecule has 7 heteroatoms. The van der Waals surface area contributed by atoms with Crippen molar-refractivity contribution in [2.75, 3.05) is 85.9 Å². The fourth-order valence-corrected chi connectivity index (χ4v) is 2.38. The van der Waals surface area contributed by atoms with Crippen molar-refractivity contribution in [1.29, 1.82) is 0 Å². The Hall–Kier alpha value is -0.700. The Morgan fingerprint density at radius 1 is 0.448 bits per heavy atom. The molecule has 0 bridgehead atoms. The molecule has 0 amide bonds. The quantitative estimate of drug-likeness (QED) is 0.156. The monoisotopic (exact) mass is 420 g/mol. The van der Waals surface area contributed by atoms with Crippen molar-refractivity contribution in [3.05, 3.63) is 12.8 Å². The lowest BCUT2D eigenvalue weighted by molar-refractivity contribution is -0.0185. The van der Waals surface area contributed by atoms with Crippen LogP contribution in [0.15, 0.2) is 12.8 Å². The van der Waals surface area contributed by atoms with Crippen LogP contribution in [0.4, 0.5) is 0 Å². The van der Waals surface area contributed by atoms with Gasteiger partial charge in [-0.25, -0.2) is 0 Å². The van der Waals surface area contributed by atoms with Gasteiger partial charge in [0.2, 0.25) is 0 Å². The normalized spacial score (nSPS) is 11.1. The minimum absolute atomic E-state index is 0.519. The van der Waals surface area contributed by atoms with Crippen LogP contribution in [-0.2, 0) is 33.2 Å². The van der Waals surface area contributed by atoms with Crippen molar-refractivity contribution in [2.24, 2.45) is 0 Å². The Morgan fingerprint density at radius 2 is 0.793 bits per heavy atom. The molecule has 0 saturated carbocycles. The fraction of sp³-hybridized carbons (Fsp3) is 0.909. The average Bonchev–Trinajstić information content (AvgIpc) is 2.74. The zero-order valence-corrected chi connectivity index (χ0v) is 18.6. The van der Waals surface area contributed by atoms with E-state index >= 15 is 0 Å². The lowest BCUT2D eigenvalue weighted by atomic mass is 10.1. The van der Waals surface area contributed by atoms with Crippen LogP contribution < -0.4 is 0 Å². The summed E-state index contributed by atoms with van der Waals surface area (Å²) in [6, 6.07) is 0. The van der Waals surface area contributed by atoms with Crippen LogP contribution >= 0.6 is 0 Å². The first-order chi connectivity index (χ1) is 14.4. The highest BCUT2D eigenvalue weighted by Crippen LogP contribution is 2.04. The molecule has 0 aliphatic carbocycles. The second-order valence-electron chi connectivity index (χ2n) is 6.48. The second-order valence-corrected chi connectivity index (χ2v) is 6.48. The largest absolute Gasteiger partial charge is 0.499 e. The number of hydrogen-bond donors (Lipinski definition) is 0. The summed E-state index contributed by atoms with van der Waals surface area (Å²) in [5.41, 5.74) is 0. The molecule has 0 spiro atoms. The van der Waals surface area contributed by atoms with Gasteiger partial charge < -0.3 is 33.2 Å². The smallest absolute Gasteiger partial charge is 0.111 e. The molecular weight excluding hydrogens is 376 g/mol. The van der Waals surface area contributed by atoms with Crippen LogP contribution in [0.1, 0.15) is 45.4 Å². The van der Waals surface area contributed by atoms with E-state index in [-0.39, 0.29) is 0 Å². The van der Waals surface area contributed by atoms with Gasteiger partial charge in [-0.3, -0.25) is 0 Å². The van der Waals surface area contributed by atoms with Crippen LogP contribution in [0.25, 0.3) is 0 Å². The summed E-state index contributed by atoms with van der Waals surface area (Å²) in [6.45, 7) is 13.3. The van der Waals surface area contributed by atoms with Gasteiger partial charge in [-0.2, -0.15) is 0 Å². The molecule has 0 fully saturated rings. The van der Waals surface area contributed by atoms with Crippen molar-refractivity contribution in [1.82, 2.24) is 0 Å². The third-order valence-corrected chi connectivity index (χ3v) is 3.97. The Kier molecular flexibility index (Phi) is 26.6. The number of unbranched alkanes of at least 4 members (excludes halogenated alkanes) is 5. The molecule has 0 aliphatic rings. The summed E-state index contributed by atoms with van der Waals surface area (Å²) in [5.74, 6) is 0. The summed E-state index contributed by atoms with van der Waals surface area (Å²) in [7, 11) is 0. The molecule has 0 atom stereocenters. The van der Waals surface area contributed by atoms with Gasteiger partial charge in [0.05, 0.1) is 78.9 Å². The SMILES string of the molecule is C=COCCOCCOCCOCCOCCOCCOCCCCCCCC. The zero-order valence-electron chi connectivity index (χ0n) is 18.6. The highest BCUT2D eigenvalue weighted by molar-refractivity contribution is 4.47. The van der Waals surface area contributed by atoms with E-state index in [0.29, 0.717) is 79.3 Å². The third-order valence-electron chi connectivity index (χ3n) is 3.97. The molecule has 0 saturated heterocycles. The summed E-state index contributed by atoms with van der Waals surface area (Å²) in [4.78, 5) is 0. The molecule has 0 radical (unpaired) electrons. The summed E-state index contributed by atoms with van der Waals surface area (Å²) in [5, 5.41) is 0. The lowest BCUT2D eigenvalue weighted by Gasteiger charge is -2.08. The highest BCUT2D eigenvalue weighted by atomic mass is 16.6. The minimum Gasteiger partial charge on any atom is -0.499 e. The topological polar surface area (TPSA) is 64.6 Å². The molecule has 0 aromatic heterocycles. The van der Waals surface area contributed by atoms with Crippen LogP contribution in [-0.4, -0.2) is 85.9 Å². The van der Waals surface area contributed by atoms with Crippen LogP contribution in [0.5, 0.6) is 0 Å². The maximum Gasteiger partial charge on any atom is 0.111 e. The number of rotatable bonds is 26. The van der Waals surface area contributed by atoms with E-state index in [1.54, 1.807) is 0 Å². The van der Waals surface area contributed by atoms with Gasteiger partial charge in [-0.15, -0.1) is 0 Å². The lowest BCUT2D eigenvalue weighted by Crippen LogP contribution is -2.14. The molecule has 0 heterocycles. The van der Waals surface area contributed by atoms with Crippen molar-refractivity contribution >= 4 is 0 Å². The average molecular weight is 421 g/mol. The zero-order chi connectivity index (χ0) is 21.1. The van der Waals surface area contributed by atoms with Gasteiger partial charge in [-0.05, 0) is 6.42 Å². The van der Waals surface area contributed by atoms with E-state index in [4.69, 9.17) is 33.2 Å². The maximum atomic E-state index is 5.55. The molecule has 0 rings (SSSR count). The molecule has 7 nitrogen and oxygen atoms in total. The Bertz CT molecular complexity index is 303. The fourth-order valence-electron chi connectivity index (χ4n) is 2.38. The Balaban J connectivity index is 2.97. The van der Waals surface area contributed by atoms with Crippen molar-refractivity contribution in [3.63, 3.8) is 0 Å². The van der Waals surface area contributed by atoms with Gasteiger partial charge in [0, 0.05) is 6.61 Å². The summed E-state index contributed by atoms with van der Waals surface area (Å²) < 4.78 is 37.5. The van der Waals surface area contributed by atoms with Crippen molar-refractivity contribution < 1.29 is 33.2 Å². The van der Waals surface area contributed by atoms with E-state index in [2.05, 4.69) is 13.5 Å². The molecule has 0 unspecified atom stereocenters. The first-order valence-electron chi connectivity index (χ1n) is 11.1. The predicted octanol–water partition coefficient (Wildman–Crippen LogP) is 3.61. The third kappa shape index (κ3) is 27.3. The standard InChI is InChI=1S/C22H44O7/c1-3-5-6-7-8-9-10-24-13-14-26-17-18-28-21-22-29-20-19-27-16-15-25-12-11-23-4-2/h4H,2-3,5-22H2,1H3. The van der Waals surface area contributed by atoms with Gasteiger partial charge >= 0.3 is 0 Å². The van der Waals surface area contributed by atoms with Crippen molar-refractivity contribution in [3.8, 4) is 0 Å². The van der Waals surface area contributed by atoms with E-state index in [1.165, 1.54) is 38.4 Å². The van der Waals surface area contributed by atoms with Gasteiger partial charge in [0.15, 0.2) is 0 Å². The van der Waals surface area contributed by atoms with Gasteiger partial charge in [0.1, 0.15) is 6.61 Å². The number of hydrogen-bond acceptors (Lipinski definition) is 7. The van der Waals surface area contributed by atoms with Crippen LogP contribution in [0, 0.1) is 0 Å². The molecule has 0 aliphatic heterocycles. The minimum atomic E-state index is 0.519. The predicted molar refractivity (Wildman–Crippen MR) is 114 cm³/mol. The first-order valence-corrected chi connectivity index (χ1v) is 11.1. The van der Waals surface area contributed by atoms with E-state index in [1.807, 2.05) is 0 Å².